The number of hydrogen-bond acceptors (Lipinski definition) is 6. The van der Waals surface area contributed by atoms with Crippen LogP contribution in [0.15, 0.2) is 35.4 Å². The molecule has 0 spiro atoms. The summed E-state index contributed by atoms with van der Waals surface area (Å²) in [6.07, 6.45) is 3.16. The predicted molar refractivity (Wildman–Crippen MR) is 112 cm³/mol. The third-order valence-electron chi connectivity index (χ3n) is 4.54. The van der Waals surface area contributed by atoms with Gasteiger partial charge in [0.1, 0.15) is 6.54 Å². The summed E-state index contributed by atoms with van der Waals surface area (Å²) in [5.74, 6) is 2.34. The number of rotatable bonds is 4. The fourth-order valence-corrected chi connectivity index (χ4v) is 4.13. The number of carbonyl (C=O) groups is 1. The van der Waals surface area contributed by atoms with Crippen LogP contribution in [0, 0.1) is 6.92 Å². The molecule has 4 rings (SSSR count). The minimum Gasteiger partial charge on any atom is -0.352 e. The molecule has 1 aliphatic heterocycles. The van der Waals surface area contributed by atoms with Crippen molar-refractivity contribution in [3.63, 3.8) is 0 Å². The molecule has 3 heterocycles. The van der Waals surface area contributed by atoms with Gasteiger partial charge in [-0.3, -0.25) is 4.79 Å². The van der Waals surface area contributed by atoms with Gasteiger partial charge in [0.2, 0.25) is 11.6 Å². The van der Waals surface area contributed by atoms with Crippen molar-refractivity contribution in [3.05, 3.63) is 51.7 Å². The van der Waals surface area contributed by atoms with Crippen molar-refractivity contribution in [2.24, 2.45) is 0 Å². The van der Waals surface area contributed by atoms with Crippen LogP contribution in [0.2, 0.25) is 5.02 Å². The Balaban J connectivity index is 1.58. The number of benzene rings is 1. The summed E-state index contributed by atoms with van der Waals surface area (Å²) in [6, 6.07) is 5.27. The van der Waals surface area contributed by atoms with Crippen molar-refractivity contribution in [1.29, 1.82) is 0 Å². The Hall–Kier alpha value is -2.52. The standard InChI is InChI=1S/C18H19ClN6O2S/c1-12-2-3-13(10-14(12)19)21-15(26)11-25-18(27)24-5-4-20-16(17(24)22-25)23-6-8-28-9-7-23/h2-5,10H,6-9,11H2,1H3,(H,21,26). The minimum atomic E-state index is -0.373. The van der Waals surface area contributed by atoms with Crippen LogP contribution in [0.3, 0.4) is 0 Å². The first-order chi connectivity index (χ1) is 13.5. The molecule has 1 fully saturated rings. The van der Waals surface area contributed by atoms with Gasteiger partial charge in [-0.15, -0.1) is 5.10 Å². The molecule has 8 nitrogen and oxygen atoms in total. The smallest absolute Gasteiger partial charge is 0.350 e. The first-order valence-corrected chi connectivity index (χ1v) is 10.4. The van der Waals surface area contributed by atoms with E-state index in [9.17, 15) is 9.59 Å². The molecule has 2 aromatic heterocycles. The number of aromatic nitrogens is 4. The van der Waals surface area contributed by atoms with E-state index in [1.807, 2.05) is 24.8 Å². The number of nitrogens with zero attached hydrogens (tertiary/aromatic N) is 5. The molecule has 1 saturated heterocycles. The molecule has 0 bridgehead atoms. The van der Waals surface area contributed by atoms with Crippen LogP contribution in [-0.2, 0) is 11.3 Å². The molecule has 1 N–H and O–H groups in total. The summed E-state index contributed by atoms with van der Waals surface area (Å²) in [4.78, 5) is 31.6. The molecule has 0 atom stereocenters. The van der Waals surface area contributed by atoms with Gasteiger partial charge in [-0.05, 0) is 24.6 Å². The summed E-state index contributed by atoms with van der Waals surface area (Å²) in [6.45, 7) is 3.40. The van der Waals surface area contributed by atoms with Crippen LogP contribution in [0.5, 0.6) is 0 Å². The van der Waals surface area contributed by atoms with Crippen molar-refractivity contribution < 1.29 is 4.79 Å². The Bertz CT molecular complexity index is 1090. The summed E-state index contributed by atoms with van der Waals surface area (Å²) >= 11 is 7.98. The van der Waals surface area contributed by atoms with Gasteiger partial charge in [-0.25, -0.2) is 18.9 Å². The summed E-state index contributed by atoms with van der Waals surface area (Å²) in [5.41, 5.74) is 1.59. The van der Waals surface area contributed by atoms with E-state index in [0.717, 1.165) is 34.8 Å². The van der Waals surface area contributed by atoms with E-state index < -0.39 is 0 Å². The van der Waals surface area contributed by atoms with Crippen LogP contribution in [-0.4, -0.2) is 49.7 Å². The molecular weight excluding hydrogens is 400 g/mol. The fourth-order valence-electron chi connectivity index (χ4n) is 3.04. The third-order valence-corrected chi connectivity index (χ3v) is 5.89. The van der Waals surface area contributed by atoms with Crippen LogP contribution in [0.4, 0.5) is 11.5 Å². The molecule has 0 saturated carbocycles. The number of carbonyl (C=O) groups excluding carboxylic acids is 1. The van der Waals surface area contributed by atoms with Gasteiger partial charge in [-0.1, -0.05) is 17.7 Å². The number of fused-ring (bicyclic) bond motifs is 1. The fraction of sp³-hybridized carbons (Fsp3) is 0.333. The van der Waals surface area contributed by atoms with Gasteiger partial charge in [0, 0.05) is 47.7 Å². The minimum absolute atomic E-state index is 0.193. The second-order valence-corrected chi connectivity index (χ2v) is 8.13. The van der Waals surface area contributed by atoms with E-state index in [2.05, 4.69) is 20.3 Å². The number of amides is 1. The van der Waals surface area contributed by atoms with Crippen molar-refractivity contribution in [3.8, 4) is 0 Å². The molecule has 1 amide bonds. The topological polar surface area (TPSA) is 84.5 Å². The third kappa shape index (κ3) is 3.72. The Labute approximate surface area is 170 Å². The van der Waals surface area contributed by atoms with Gasteiger partial charge in [0.15, 0.2) is 5.82 Å². The number of nitrogens with one attached hydrogen (secondary N) is 1. The van der Waals surface area contributed by atoms with Gasteiger partial charge < -0.3 is 10.2 Å². The molecule has 146 valence electrons. The SMILES string of the molecule is Cc1ccc(NC(=O)Cn2nc3c(N4CCSCC4)nccn3c2=O)cc1Cl. The average Bonchev–Trinajstić information content (AvgIpc) is 3.01. The van der Waals surface area contributed by atoms with E-state index in [1.165, 1.54) is 4.40 Å². The maximum atomic E-state index is 12.7. The lowest BCUT2D eigenvalue weighted by atomic mass is 10.2. The van der Waals surface area contributed by atoms with Crippen LogP contribution >= 0.6 is 23.4 Å². The number of aryl methyl sites for hydroxylation is 1. The highest BCUT2D eigenvalue weighted by atomic mass is 35.5. The maximum Gasteiger partial charge on any atom is 0.350 e. The molecular formula is C18H19ClN6O2S. The van der Waals surface area contributed by atoms with Crippen LogP contribution in [0.1, 0.15) is 5.56 Å². The largest absolute Gasteiger partial charge is 0.352 e. The van der Waals surface area contributed by atoms with E-state index >= 15 is 0 Å². The molecule has 28 heavy (non-hydrogen) atoms. The van der Waals surface area contributed by atoms with Gasteiger partial charge in [0.05, 0.1) is 0 Å². The molecule has 1 aliphatic rings. The first kappa shape index (κ1) is 18.8. The summed E-state index contributed by atoms with van der Waals surface area (Å²) in [5, 5.41) is 7.68. The van der Waals surface area contributed by atoms with Crippen molar-refractivity contribution in [1.82, 2.24) is 19.2 Å². The van der Waals surface area contributed by atoms with E-state index in [-0.39, 0.29) is 18.1 Å². The van der Waals surface area contributed by atoms with Crippen molar-refractivity contribution >= 4 is 46.4 Å². The highest BCUT2D eigenvalue weighted by Gasteiger charge is 2.20. The van der Waals surface area contributed by atoms with E-state index in [4.69, 9.17) is 11.6 Å². The van der Waals surface area contributed by atoms with Gasteiger partial charge in [0.25, 0.3) is 0 Å². The Kier molecular flexibility index (Phi) is 5.27. The Morgan fingerprint density at radius 3 is 2.86 bits per heavy atom. The highest BCUT2D eigenvalue weighted by molar-refractivity contribution is 7.99. The number of halogens is 1. The lowest BCUT2D eigenvalue weighted by molar-refractivity contribution is -0.117. The molecule has 0 radical (unpaired) electrons. The zero-order valence-electron chi connectivity index (χ0n) is 15.3. The molecule has 0 unspecified atom stereocenters. The summed E-state index contributed by atoms with van der Waals surface area (Å²) < 4.78 is 2.59. The first-order valence-electron chi connectivity index (χ1n) is 8.86. The zero-order valence-corrected chi connectivity index (χ0v) is 16.8. The van der Waals surface area contributed by atoms with Crippen molar-refractivity contribution in [2.45, 2.75) is 13.5 Å². The monoisotopic (exact) mass is 418 g/mol. The lowest BCUT2D eigenvalue weighted by Gasteiger charge is -2.27. The second-order valence-electron chi connectivity index (χ2n) is 6.50. The van der Waals surface area contributed by atoms with Gasteiger partial charge in [-0.2, -0.15) is 11.8 Å². The Morgan fingerprint density at radius 2 is 2.11 bits per heavy atom. The number of anilines is 2. The lowest BCUT2D eigenvalue weighted by Crippen LogP contribution is -2.33. The average molecular weight is 419 g/mol. The zero-order chi connectivity index (χ0) is 19.7. The maximum absolute atomic E-state index is 12.7. The number of hydrogen-bond donors (Lipinski definition) is 1. The molecule has 0 aliphatic carbocycles. The van der Waals surface area contributed by atoms with Crippen molar-refractivity contribution in [2.75, 3.05) is 34.8 Å². The van der Waals surface area contributed by atoms with E-state index in [0.29, 0.717) is 22.2 Å². The van der Waals surface area contributed by atoms with Crippen LogP contribution in [0.25, 0.3) is 5.65 Å². The molecule has 10 heteroatoms. The highest BCUT2D eigenvalue weighted by Crippen LogP contribution is 2.21. The van der Waals surface area contributed by atoms with Gasteiger partial charge >= 0.3 is 5.69 Å². The van der Waals surface area contributed by atoms with E-state index in [1.54, 1.807) is 24.5 Å². The Morgan fingerprint density at radius 1 is 1.32 bits per heavy atom. The molecule has 1 aromatic carbocycles. The second kappa shape index (κ2) is 7.84. The number of thioether (sulfide) groups is 1. The van der Waals surface area contributed by atoms with Crippen LogP contribution < -0.4 is 15.9 Å². The predicted octanol–water partition coefficient (Wildman–Crippen LogP) is 2.04. The molecule has 3 aromatic rings. The normalized spacial score (nSPS) is 14.4. The quantitative estimate of drug-likeness (QED) is 0.698. The summed E-state index contributed by atoms with van der Waals surface area (Å²) in [7, 11) is 0.